The molecule has 3 aliphatic rings. The number of hydrogen-bond donors (Lipinski definition) is 1. The number of likely N-dealkylation sites (tertiary alicyclic amines) is 2. The minimum Gasteiger partial charge on any atom is -0.491 e. The Morgan fingerprint density at radius 1 is 0.931 bits per heavy atom. The molecule has 3 fully saturated rings. The van der Waals surface area contributed by atoms with Crippen molar-refractivity contribution in [2.45, 2.75) is 57.6 Å². The van der Waals surface area contributed by atoms with E-state index >= 15 is 0 Å². The predicted octanol–water partition coefficient (Wildman–Crippen LogP) is 3.30. The average Bonchev–Trinajstić information content (AvgIpc) is 2.75. The molecule has 5 heteroatoms. The Hall–Kier alpha value is -1.14. The molecule has 0 bridgehead atoms. The smallest absolute Gasteiger partial charge is 0.119 e. The molecular weight excluding hydrogens is 364 g/mol. The largest absolute Gasteiger partial charge is 0.491 e. The average molecular weight is 403 g/mol. The molecule has 1 aromatic carbocycles. The number of rotatable bonds is 7. The van der Waals surface area contributed by atoms with E-state index in [1.807, 2.05) is 0 Å². The number of ether oxygens (including phenoxy) is 2. The molecule has 0 unspecified atom stereocenters. The number of piperidine rings is 2. The zero-order valence-corrected chi connectivity index (χ0v) is 17.9. The number of benzene rings is 1. The molecule has 0 amide bonds. The lowest BCUT2D eigenvalue weighted by atomic mass is 9.74. The van der Waals surface area contributed by atoms with Gasteiger partial charge in [-0.15, -0.1) is 0 Å². The van der Waals surface area contributed by atoms with Crippen molar-refractivity contribution in [3.05, 3.63) is 29.8 Å². The van der Waals surface area contributed by atoms with Gasteiger partial charge in [-0.2, -0.15) is 0 Å². The minimum absolute atomic E-state index is 0.368. The van der Waals surface area contributed by atoms with Crippen molar-refractivity contribution >= 4 is 0 Å². The lowest BCUT2D eigenvalue weighted by Crippen LogP contribution is -2.45. The molecule has 0 radical (unpaired) electrons. The van der Waals surface area contributed by atoms with Gasteiger partial charge in [0.25, 0.3) is 0 Å². The standard InChI is InChI=1S/C24H38N2O3/c27-22(18-25-12-2-1-3-13-25)19-29-23-7-5-21(6-8-23)17-26-14-4-9-24(20-26)10-15-28-16-11-24/h5-8,22,27H,1-4,9-20H2/t22-/m1/s1. The van der Waals surface area contributed by atoms with Gasteiger partial charge in [0.15, 0.2) is 0 Å². The van der Waals surface area contributed by atoms with Crippen LogP contribution in [0.5, 0.6) is 5.75 Å². The molecule has 1 aromatic rings. The first-order valence-corrected chi connectivity index (χ1v) is 11.6. The molecule has 162 valence electrons. The number of nitrogens with zero attached hydrogens (tertiary/aromatic N) is 2. The van der Waals surface area contributed by atoms with Crippen LogP contribution in [0.25, 0.3) is 0 Å². The van der Waals surface area contributed by atoms with E-state index in [-0.39, 0.29) is 0 Å². The summed E-state index contributed by atoms with van der Waals surface area (Å²) < 4.78 is 11.4. The van der Waals surface area contributed by atoms with E-state index in [1.54, 1.807) is 0 Å². The van der Waals surface area contributed by atoms with E-state index in [1.165, 1.54) is 63.6 Å². The monoisotopic (exact) mass is 402 g/mol. The topological polar surface area (TPSA) is 45.2 Å². The first kappa shape index (κ1) is 21.1. The summed E-state index contributed by atoms with van der Waals surface area (Å²) in [5, 5.41) is 10.3. The molecule has 3 heterocycles. The maximum absolute atomic E-state index is 10.3. The first-order valence-electron chi connectivity index (χ1n) is 11.6. The van der Waals surface area contributed by atoms with E-state index in [2.05, 4.69) is 34.1 Å². The van der Waals surface area contributed by atoms with Crippen LogP contribution in [0.15, 0.2) is 24.3 Å². The number of aliphatic hydroxyl groups is 1. The van der Waals surface area contributed by atoms with Crippen LogP contribution >= 0.6 is 0 Å². The summed E-state index contributed by atoms with van der Waals surface area (Å²) in [6.45, 7) is 8.59. The van der Waals surface area contributed by atoms with Gasteiger partial charge in [-0.25, -0.2) is 0 Å². The highest BCUT2D eigenvalue weighted by molar-refractivity contribution is 5.27. The van der Waals surface area contributed by atoms with Crippen LogP contribution in [0, 0.1) is 5.41 Å². The summed E-state index contributed by atoms with van der Waals surface area (Å²) in [6, 6.07) is 8.46. The molecule has 0 aliphatic carbocycles. The summed E-state index contributed by atoms with van der Waals surface area (Å²) in [6.07, 6.45) is 8.50. The molecule has 1 atom stereocenters. The van der Waals surface area contributed by atoms with Crippen molar-refractivity contribution in [2.75, 3.05) is 52.5 Å². The molecule has 0 aromatic heterocycles. The Labute approximate surface area is 176 Å². The van der Waals surface area contributed by atoms with Gasteiger partial charge in [0.1, 0.15) is 18.5 Å². The Morgan fingerprint density at radius 3 is 2.41 bits per heavy atom. The Kier molecular flexibility index (Phi) is 7.46. The molecule has 3 saturated heterocycles. The highest BCUT2D eigenvalue weighted by Crippen LogP contribution is 2.39. The van der Waals surface area contributed by atoms with Crippen LogP contribution in [-0.4, -0.2) is 73.6 Å². The van der Waals surface area contributed by atoms with E-state index in [9.17, 15) is 5.11 Å². The summed E-state index contributed by atoms with van der Waals surface area (Å²) in [4.78, 5) is 4.97. The number of aliphatic hydroxyl groups excluding tert-OH is 1. The third kappa shape index (κ3) is 6.17. The highest BCUT2D eigenvalue weighted by Gasteiger charge is 2.36. The van der Waals surface area contributed by atoms with Crippen molar-refractivity contribution < 1.29 is 14.6 Å². The zero-order chi connectivity index (χ0) is 19.9. The van der Waals surface area contributed by atoms with Crippen molar-refractivity contribution in [2.24, 2.45) is 5.41 Å². The zero-order valence-electron chi connectivity index (χ0n) is 17.9. The molecule has 1 spiro atoms. The Bertz CT molecular complexity index is 604. The summed E-state index contributed by atoms with van der Waals surface area (Å²) >= 11 is 0. The Morgan fingerprint density at radius 2 is 1.66 bits per heavy atom. The van der Waals surface area contributed by atoms with Gasteiger partial charge < -0.3 is 19.5 Å². The van der Waals surface area contributed by atoms with Crippen LogP contribution < -0.4 is 4.74 Å². The lowest BCUT2D eigenvalue weighted by molar-refractivity contribution is -0.0291. The quantitative estimate of drug-likeness (QED) is 0.758. The van der Waals surface area contributed by atoms with E-state index < -0.39 is 6.10 Å². The van der Waals surface area contributed by atoms with Crippen molar-refractivity contribution in [1.82, 2.24) is 9.80 Å². The van der Waals surface area contributed by atoms with Crippen LogP contribution in [-0.2, 0) is 11.3 Å². The molecule has 5 nitrogen and oxygen atoms in total. The summed E-state index contributed by atoms with van der Waals surface area (Å²) in [5.74, 6) is 0.853. The van der Waals surface area contributed by atoms with Gasteiger partial charge >= 0.3 is 0 Å². The van der Waals surface area contributed by atoms with Crippen molar-refractivity contribution in [3.8, 4) is 5.75 Å². The third-order valence-electron chi connectivity index (χ3n) is 6.98. The van der Waals surface area contributed by atoms with E-state index in [0.717, 1.165) is 45.1 Å². The van der Waals surface area contributed by atoms with E-state index in [4.69, 9.17) is 9.47 Å². The first-order chi connectivity index (χ1) is 14.2. The van der Waals surface area contributed by atoms with Crippen LogP contribution in [0.4, 0.5) is 0 Å². The number of β-amino-alcohol motifs (C(OH)–C–C–N with tert-alkyl or cyclic N) is 1. The fourth-order valence-corrected chi connectivity index (χ4v) is 5.29. The molecule has 4 rings (SSSR count). The van der Waals surface area contributed by atoms with Crippen LogP contribution in [0.1, 0.15) is 50.5 Å². The fourth-order valence-electron chi connectivity index (χ4n) is 5.29. The molecule has 3 aliphatic heterocycles. The van der Waals surface area contributed by atoms with Crippen LogP contribution in [0.2, 0.25) is 0 Å². The van der Waals surface area contributed by atoms with Crippen molar-refractivity contribution in [3.63, 3.8) is 0 Å². The molecule has 0 saturated carbocycles. The minimum atomic E-state index is -0.420. The van der Waals surface area contributed by atoms with Gasteiger partial charge in [-0.1, -0.05) is 18.6 Å². The third-order valence-corrected chi connectivity index (χ3v) is 6.98. The van der Waals surface area contributed by atoms with Gasteiger partial charge in [0, 0.05) is 32.8 Å². The maximum atomic E-state index is 10.3. The second-order valence-electron chi connectivity index (χ2n) is 9.40. The SMILES string of the molecule is O[C@@H](COc1ccc(CN2CCCC3(CCOCC3)C2)cc1)CN1CCCCC1. The summed E-state index contributed by atoms with van der Waals surface area (Å²) in [5.41, 5.74) is 1.83. The second-order valence-corrected chi connectivity index (χ2v) is 9.40. The van der Waals surface area contributed by atoms with Crippen molar-refractivity contribution in [1.29, 1.82) is 0 Å². The van der Waals surface area contributed by atoms with Gasteiger partial charge in [0.05, 0.1) is 0 Å². The maximum Gasteiger partial charge on any atom is 0.119 e. The fraction of sp³-hybridized carbons (Fsp3) is 0.750. The summed E-state index contributed by atoms with van der Waals surface area (Å²) in [7, 11) is 0. The highest BCUT2D eigenvalue weighted by atomic mass is 16.5. The number of hydrogen-bond acceptors (Lipinski definition) is 5. The molecular formula is C24H38N2O3. The second kappa shape index (κ2) is 10.3. The normalized spacial score (nSPS) is 24.4. The van der Waals surface area contributed by atoms with Gasteiger partial charge in [-0.05, 0) is 81.3 Å². The van der Waals surface area contributed by atoms with Gasteiger partial charge in [-0.3, -0.25) is 4.90 Å². The predicted molar refractivity (Wildman–Crippen MR) is 115 cm³/mol. The molecule has 29 heavy (non-hydrogen) atoms. The lowest BCUT2D eigenvalue weighted by Gasteiger charge is -2.45. The van der Waals surface area contributed by atoms with E-state index in [0.29, 0.717) is 12.0 Å². The van der Waals surface area contributed by atoms with Gasteiger partial charge in [0.2, 0.25) is 0 Å². The Balaban J connectivity index is 1.21. The van der Waals surface area contributed by atoms with Crippen LogP contribution in [0.3, 0.4) is 0 Å². The molecule has 1 N–H and O–H groups in total.